The highest BCUT2D eigenvalue weighted by atomic mass is 16.5. The number of carboxylic acid groups (broad SMARTS) is 1. The van der Waals surface area contributed by atoms with Crippen LogP contribution in [0.5, 0.6) is 17.2 Å². The van der Waals surface area contributed by atoms with Gasteiger partial charge in [0.15, 0.2) is 11.5 Å². The van der Waals surface area contributed by atoms with Crippen LogP contribution in [0, 0.1) is 11.8 Å². The first-order chi connectivity index (χ1) is 12.9. The monoisotopic (exact) mass is 378 g/mol. The Balaban J connectivity index is 2.10. The zero-order valence-corrected chi connectivity index (χ0v) is 15.3. The van der Waals surface area contributed by atoms with E-state index in [1.807, 2.05) is 0 Å². The number of amides is 2. The van der Waals surface area contributed by atoms with E-state index in [9.17, 15) is 19.5 Å². The van der Waals surface area contributed by atoms with Crippen LogP contribution in [0.2, 0.25) is 0 Å². The summed E-state index contributed by atoms with van der Waals surface area (Å²) in [5.41, 5.74) is 4.75. The quantitative estimate of drug-likeness (QED) is 0.501. The van der Waals surface area contributed by atoms with E-state index >= 15 is 0 Å². The fourth-order valence-electron chi connectivity index (χ4n) is 2.87. The van der Waals surface area contributed by atoms with Crippen LogP contribution in [0.4, 0.5) is 0 Å². The van der Waals surface area contributed by atoms with Crippen LogP contribution in [-0.4, -0.2) is 44.2 Å². The maximum absolute atomic E-state index is 12.4. The molecule has 0 spiro atoms. The van der Waals surface area contributed by atoms with Crippen molar-refractivity contribution >= 4 is 17.8 Å². The van der Waals surface area contributed by atoms with Gasteiger partial charge < -0.3 is 19.3 Å². The minimum atomic E-state index is -1.05. The summed E-state index contributed by atoms with van der Waals surface area (Å²) in [6.45, 7) is 0. The summed E-state index contributed by atoms with van der Waals surface area (Å²) in [5.74, 6) is -2.89. The molecule has 0 aromatic heterocycles. The molecule has 0 heterocycles. The summed E-state index contributed by atoms with van der Waals surface area (Å²) >= 11 is 0. The second-order valence-electron chi connectivity index (χ2n) is 5.85. The number of carbonyl (C=O) groups excluding carboxylic acids is 2. The molecular formula is C18H22N2O7. The van der Waals surface area contributed by atoms with E-state index in [0.29, 0.717) is 12.2 Å². The van der Waals surface area contributed by atoms with Gasteiger partial charge in [-0.05, 0) is 25.0 Å². The summed E-state index contributed by atoms with van der Waals surface area (Å²) < 4.78 is 15.6. The van der Waals surface area contributed by atoms with Gasteiger partial charge in [0.25, 0.3) is 5.91 Å². The van der Waals surface area contributed by atoms with Crippen molar-refractivity contribution in [3.05, 3.63) is 29.8 Å². The van der Waals surface area contributed by atoms with Gasteiger partial charge in [-0.3, -0.25) is 25.2 Å². The lowest BCUT2D eigenvalue weighted by Crippen LogP contribution is -2.47. The van der Waals surface area contributed by atoms with Gasteiger partial charge in [-0.15, -0.1) is 0 Å². The number of aliphatic carboxylic acids is 1. The van der Waals surface area contributed by atoms with E-state index < -0.39 is 29.6 Å². The van der Waals surface area contributed by atoms with Crippen LogP contribution >= 0.6 is 0 Å². The number of hydrazine groups is 1. The van der Waals surface area contributed by atoms with E-state index in [2.05, 4.69) is 10.9 Å². The number of allylic oxidation sites excluding steroid dienone is 2. The summed E-state index contributed by atoms with van der Waals surface area (Å²) in [7, 11) is 4.28. The van der Waals surface area contributed by atoms with Crippen molar-refractivity contribution in [2.75, 3.05) is 21.3 Å². The minimum Gasteiger partial charge on any atom is -0.493 e. The fourth-order valence-corrected chi connectivity index (χ4v) is 2.87. The van der Waals surface area contributed by atoms with Crippen LogP contribution in [0.3, 0.4) is 0 Å². The van der Waals surface area contributed by atoms with Gasteiger partial charge in [0.05, 0.1) is 33.2 Å². The van der Waals surface area contributed by atoms with Gasteiger partial charge in [0.2, 0.25) is 11.7 Å². The molecule has 2 atom stereocenters. The summed E-state index contributed by atoms with van der Waals surface area (Å²) in [5, 5.41) is 9.24. The minimum absolute atomic E-state index is 0.170. The largest absolute Gasteiger partial charge is 0.493 e. The van der Waals surface area contributed by atoms with E-state index in [1.165, 1.54) is 33.5 Å². The second-order valence-corrected chi connectivity index (χ2v) is 5.85. The molecule has 2 amide bonds. The molecule has 146 valence electrons. The molecule has 0 fully saturated rings. The number of hydrogen-bond acceptors (Lipinski definition) is 6. The zero-order chi connectivity index (χ0) is 20.0. The Morgan fingerprint density at radius 1 is 0.926 bits per heavy atom. The first-order valence-electron chi connectivity index (χ1n) is 8.20. The van der Waals surface area contributed by atoms with Crippen LogP contribution in [0.25, 0.3) is 0 Å². The topological polar surface area (TPSA) is 123 Å². The molecule has 1 aromatic rings. The Kier molecular flexibility index (Phi) is 6.64. The molecule has 1 aromatic carbocycles. The summed E-state index contributed by atoms with van der Waals surface area (Å²) in [4.78, 5) is 36.0. The van der Waals surface area contributed by atoms with Crippen molar-refractivity contribution in [1.29, 1.82) is 0 Å². The third-order valence-electron chi connectivity index (χ3n) is 4.31. The molecule has 27 heavy (non-hydrogen) atoms. The SMILES string of the molecule is COc1cc(C(=O)NNC(=O)[C@@H]2CC=CC[C@H]2C(=O)O)cc(OC)c1OC. The number of rotatable bonds is 6. The highest BCUT2D eigenvalue weighted by molar-refractivity contribution is 5.97. The van der Waals surface area contributed by atoms with E-state index in [0.717, 1.165) is 0 Å². The Hall–Kier alpha value is -3.23. The van der Waals surface area contributed by atoms with Gasteiger partial charge >= 0.3 is 5.97 Å². The molecule has 0 aliphatic heterocycles. The van der Waals surface area contributed by atoms with Crippen molar-refractivity contribution in [3.8, 4) is 17.2 Å². The van der Waals surface area contributed by atoms with Gasteiger partial charge in [-0.25, -0.2) is 0 Å². The smallest absolute Gasteiger partial charge is 0.307 e. The number of methoxy groups -OCH3 is 3. The molecule has 9 nitrogen and oxygen atoms in total. The van der Waals surface area contributed by atoms with Crippen LogP contribution in [-0.2, 0) is 9.59 Å². The predicted octanol–water partition coefficient (Wildman–Crippen LogP) is 1.14. The molecule has 0 bridgehead atoms. The first kappa shape index (κ1) is 20.1. The highest BCUT2D eigenvalue weighted by Gasteiger charge is 2.34. The van der Waals surface area contributed by atoms with Gasteiger partial charge in [0.1, 0.15) is 0 Å². The number of ether oxygens (including phenoxy) is 3. The second kappa shape index (κ2) is 8.93. The number of hydrogen-bond donors (Lipinski definition) is 3. The summed E-state index contributed by atoms with van der Waals surface area (Å²) in [6, 6.07) is 2.87. The highest BCUT2D eigenvalue weighted by Crippen LogP contribution is 2.38. The van der Waals surface area contributed by atoms with Gasteiger partial charge in [-0.1, -0.05) is 12.2 Å². The van der Waals surface area contributed by atoms with Crippen molar-refractivity contribution in [3.63, 3.8) is 0 Å². The predicted molar refractivity (Wildman–Crippen MR) is 94.7 cm³/mol. The van der Waals surface area contributed by atoms with Crippen molar-refractivity contribution in [2.45, 2.75) is 12.8 Å². The average molecular weight is 378 g/mol. The molecule has 0 saturated heterocycles. The Morgan fingerprint density at radius 3 is 1.96 bits per heavy atom. The Labute approximate surface area is 156 Å². The molecule has 0 saturated carbocycles. The average Bonchev–Trinajstić information content (AvgIpc) is 2.70. The maximum atomic E-state index is 12.4. The zero-order valence-electron chi connectivity index (χ0n) is 15.3. The van der Waals surface area contributed by atoms with Gasteiger partial charge in [-0.2, -0.15) is 0 Å². The first-order valence-corrected chi connectivity index (χ1v) is 8.20. The summed E-state index contributed by atoms with van der Waals surface area (Å²) in [6.07, 6.45) is 4.05. The Morgan fingerprint density at radius 2 is 1.48 bits per heavy atom. The van der Waals surface area contributed by atoms with Crippen LogP contribution in [0.15, 0.2) is 24.3 Å². The molecule has 0 radical (unpaired) electrons. The van der Waals surface area contributed by atoms with Crippen molar-refractivity contribution in [1.82, 2.24) is 10.9 Å². The van der Waals surface area contributed by atoms with E-state index in [-0.39, 0.29) is 23.5 Å². The van der Waals surface area contributed by atoms with Crippen molar-refractivity contribution in [2.24, 2.45) is 11.8 Å². The lowest BCUT2D eigenvalue weighted by molar-refractivity contribution is -0.147. The van der Waals surface area contributed by atoms with Gasteiger partial charge in [0, 0.05) is 5.56 Å². The number of benzene rings is 1. The molecular weight excluding hydrogens is 356 g/mol. The van der Waals surface area contributed by atoms with Crippen LogP contribution < -0.4 is 25.1 Å². The lowest BCUT2D eigenvalue weighted by atomic mass is 9.82. The number of nitrogens with one attached hydrogen (secondary N) is 2. The normalized spacial score (nSPS) is 18.3. The standard InChI is InChI=1S/C18H22N2O7/c1-25-13-8-10(9-14(26-2)15(13)27-3)16(21)19-20-17(22)11-6-4-5-7-12(11)18(23)24/h4-5,8-9,11-12H,6-7H2,1-3H3,(H,19,21)(H,20,22)(H,23,24)/t11-,12-/m1/s1. The molecule has 2 rings (SSSR count). The lowest BCUT2D eigenvalue weighted by Gasteiger charge is -2.24. The molecule has 9 heteroatoms. The molecule has 3 N–H and O–H groups in total. The van der Waals surface area contributed by atoms with Crippen LogP contribution in [0.1, 0.15) is 23.2 Å². The molecule has 1 aliphatic carbocycles. The van der Waals surface area contributed by atoms with E-state index in [1.54, 1.807) is 12.2 Å². The third-order valence-corrected chi connectivity index (χ3v) is 4.31. The number of carbonyl (C=O) groups is 3. The molecule has 1 aliphatic rings. The fraction of sp³-hybridized carbons (Fsp3) is 0.389. The molecule has 0 unspecified atom stereocenters. The Bertz CT molecular complexity index is 735. The number of carboxylic acids is 1. The van der Waals surface area contributed by atoms with Crippen molar-refractivity contribution < 1.29 is 33.7 Å². The maximum Gasteiger partial charge on any atom is 0.307 e. The van der Waals surface area contributed by atoms with E-state index in [4.69, 9.17) is 14.2 Å². The third kappa shape index (κ3) is 4.49.